The molecule has 2 heterocycles. The molecule has 0 aliphatic carbocycles. The molecule has 0 atom stereocenters. The lowest BCUT2D eigenvalue weighted by Crippen LogP contribution is -2.11. The molecule has 0 aliphatic heterocycles. The zero-order chi connectivity index (χ0) is 26.2. The molecule has 0 amide bonds. The molecule has 2 aromatic carbocycles. The highest BCUT2D eigenvalue weighted by Gasteiger charge is 2.31. The number of rotatable bonds is 5. The number of methoxy groups -OCH3 is 1. The lowest BCUT2D eigenvalue weighted by molar-refractivity contribution is -0.137. The van der Waals surface area contributed by atoms with Crippen LogP contribution < -0.4 is 0 Å². The Morgan fingerprint density at radius 1 is 1.08 bits per heavy atom. The summed E-state index contributed by atoms with van der Waals surface area (Å²) in [4.78, 5) is 18.1. The highest BCUT2D eigenvalue weighted by Crippen LogP contribution is 2.38. The van der Waals surface area contributed by atoms with Crippen LogP contribution in [0.5, 0.6) is 0 Å². The number of carbonyl (C=O) groups is 1. The minimum absolute atomic E-state index is 0.0667. The molecule has 0 saturated heterocycles. The van der Waals surface area contributed by atoms with Crippen LogP contribution in [0.1, 0.15) is 41.3 Å². The Labute approximate surface area is 208 Å². The Bertz CT molecular complexity index is 1460. The molecular weight excluding hydrogens is 494 g/mol. The Morgan fingerprint density at radius 3 is 2.36 bits per heavy atom. The molecule has 2 aromatic heterocycles. The van der Waals surface area contributed by atoms with E-state index in [0.29, 0.717) is 38.1 Å². The van der Waals surface area contributed by atoms with E-state index in [4.69, 9.17) is 4.74 Å². The minimum Gasteiger partial charge on any atom is -0.464 e. The first-order chi connectivity index (χ1) is 17.0. The Kier molecular flexibility index (Phi) is 6.81. The van der Waals surface area contributed by atoms with E-state index in [1.807, 2.05) is 13.8 Å². The van der Waals surface area contributed by atoms with Crippen LogP contribution in [0.4, 0.5) is 17.6 Å². The third kappa shape index (κ3) is 4.94. The maximum atomic E-state index is 14.0. The van der Waals surface area contributed by atoms with Crippen molar-refractivity contribution in [1.82, 2.24) is 14.8 Å². The van der Waals surface area contributed by atoms with E-state index in [2.05, 4.69) is 10.1 Å². The van der Waals surface area contributed by atoms with Gasteiger partial charge in [0.15, 0.2) is 5.69 Å². The van der Waals surface area contributed by atoms with Crippen molar-refractivity contribution in [2.75, 3.05) is 7.11 Å². The standard InChI is InChI=1S/C26H21F4N3O2S/c1-14(2)12-20-23(16-8-10-18(11-9-16)26(28,29)30)36-25(31-20)33-22(24(34)35-4)21(15(3)32-33)17-6-5-7-19(27)13-17/h5-13H,1-4H3. The Morgan fingerprint density at radius 2 is 1.78 bits per heavy atom. The van der Waals surface area contributed by atoms with Crippen molar-refractivity contribution in [3.05, 3.63) is 82.6 Å². The summed E-state index contributed by atoms with van der Waals surface area (Å²) in [5.74, 6) is -1.16. The summed E-state index contributed by atoms with van der Waals surface area (Å²) in [6.45, 7) is 5.43. The lowest BCUT2D eigenvalue weighted by Gasteiger charge is -2.07. The van der Waals surface area contributed by atoms with Gasteiger partial charge in [-0.2, -0.15) is 23.0 Å². The highest BCUT2D eigenvalue weighted by atomic mass is 32.1. The first-order valence-electron chi connectivity index (χ1n) is 10.8. The topological polar surface area (TPSA) is 57.0 Å². The first kappa shape index (κ1) is 25.3. The van der Waals surface area contributed by atoms with Crippen LogP contribution in [0, 0.1) is 12.7 Å². The van der Waals surface area contributed by atoms with Crippen molar-refractivity contribution in [2.45, 2.75) is 26.9 Å². The second-order valence-electron chi connectivity index (χ2n) is 8.23. The van der Waals surface area contributed by atoms with Crippen LogP contribution in [0.15, 0.2) is 54.1 Å². The number of hydrogen-bond donors (Lipinski definition) is 0. The van der Waals surface area contributed by atoms with E-state index in [1.165, 1.54) is 53.5 Å². The molecule has 186 valence electrons. The number of aryl methyl sites for hydroxylation is 1. The summed E-state index contributed by atoms with van der Waals surface area (Å²) in [5.41, 5.74) is 2.59. The summed E-state index contributed by atoms with van der Waals surface area (Å²) >= 11 is 1.17. The second kappa shape index (κ2) is 9.69. The SMILES string of the molecule is COC(=O)c1c(-c2cccc(F)c2)c(C)nn1-c1nc(C=C(C)C)c(-c2ccc(C(F)(F)F)cc2)s1. The highest BCUT2D eigenvalue weighted by molar-refractivity contribution is 7.17. The molecule has 10 heteroatoms. The smallest absolute Gasteiger partial charge is 0.416 e. The molecule has 0 saturated carbocycles. The van der Waals surface area contributed by atoms with Gasteiger partial charge in [0.2, 0.25) is 5.13 Å². The molecule has 0 radical (unpaired) electrons. The summed E-state index contributed by atoms with van der Waals surface area (Å²) in [5, 5.41) is 4.81. The van der Waals surface area contributed by atoms with Crippen molar-refractivity contribution in [3.63, 3.8) is 0 Å². The molecule has 5 nitrogen and oxygen atoms in total. The predicted octanol–water partition coefficient (Wildman–Crippen LogP) is 7.34. The van der Waals surface area contributed by atoms with Gasteiger partial charge in [-0.15, -0.1) is 0 Å². The average Bonchev–Trinajstić information content (AvgIpc) is 3.38. The number of allylic oxidation sites excluding steroid dienone is 1. The molecular formula is C26H21F4N3O2S. The van der Waals surface area contributed by atoms with Crippen molar-refractivity contribution < 1.29 is 27.1 Å². The van der Waals surface area contributed by atoms with Crippen LogP contribution in [-0.4, -0.2) is 27.8 Å². The van der Waals surface area contributed by atoms with Gasteiger partial charge < -0.3 is 4.74 Å². The second-order valence-corrected chi connectivity index (χ2v) is 9.21. The number of alkyl halides is 3. The van der Waals surface area contributed by atoms with Crippen LogP contribution >= 0.6 is 11.3 Å². The molecule has 0 spiro atoms. The Balaban J connectivity index is 1.92. The van der Waals surface area contributed by atoms with E-state index in [0.717, 1.165) is 17.7 Å². The van der Waals surface area contributed by atoms with Gasteiger partial charge in [-0.1, -0.05) is 41.2 Å². The zero-order valence-electron chi connectivity index (χ0n) is 19.8. The number of hydrogen-bond acceptors (Lipinski definition) is 5. The van der Waals surface area contributed by atoms with Gasteiger partial charge in [-0.25, -0.2) is 14.2 Å². The molecule has 0 bridgehead atoms. The van der Waals surface area contributed by atoms with Gasteiger partial charge in [0.1, 0.15) is 5.82 Å². The maximum Gasteiger partial charge on any atom is 0.416 e. The van der Waals surface area contributed by atoms with Crippen LogP contribution in [0.3, 0.4) is 0 Å². The lowest BCUT2D eigenvalue weighted by atomic mass is 10.0. The van der Waals surface area contributed by atoms with Gasteiger partial charge in [0.25, 0.3) is 0 Å². The quantitative estimate of drug-likeness (QED) is 0.206. The monoisotopic (exact) mass is 515 g/mol. The van der Waals surface area contributed by atoms with E-state index < -0.39 is 23.5 Å². The summed E-state index contributed by atoms with van der Waals surface area (Å²) in [6.07, 6.45) is -2.65. The normalized spacial score (nSPS) is 11.4. The summed E-state index contributed by atoms with van der Waals surface area (Å²) < 4.78 is 59.5. The van der Waals surface area contributed by atoms with Crippen molar-refractivity contribution >= 4 is 23.4 Å². The van der Waals surface area contributed by atoms with Gasteiger partial charge in [0.05, 0.1) is 28.9 Å². The maximum absolute atomic E-state index is 14.0. The Hall–Kier alpha value is -3.79. The number of halogens is 4. The molecule has 0 aliphatic rings. The van der Waals surface area contributed by atoms with E-state index >= 15 is 0 Å². The molecule has 0 unspecified atom stereocenters. The average molecular weight is 516 g/mol. The molecule has 4 aromatic rings. The number of carbonyl (C=O) groups excluding carboxylic acids is 1. The van der Waals surface area contributed by atoms with Crippen LogP contribution in [-0.2, 0) is 10.9 Å². The number of aromatic nitrogens is 3. The summed E-state index contributed by atoms with van der Waals surface area (Å²) in [6, 6.07) is 10.6. The zero-order valence-corrected chi connectivity index (χ0v) is 20.6. The molecule has 36 heavy (non-hydrogen) atoms. The van der Waals surface area contributed by atoms with E-state index in [1.54, 1.807) is 19.1 Å². The largest absolute Gasteiger partial charge is 0.464 e. The third-order valence-corrected chi connectivity index (χ3v) is 6.37. The number of ether oxygens (including phenoxy) is 1. The van der Waals surface area contributed by atoms with Crippen molar-refractivity contribution in [3.8, 4) is 26.7 Å². The third-order valence-electron chi connectivity index (χ3n) is 5.28. The number of esters is 1. The molecule has 0 fully saturated rings. The van der Waals surface area contributed by atoms with Gasteiger partial charge in [-0.05, 0) is 62.2 Å². The van der Waals surface area contributed by atoms with Gasteiger partial charge in [-0.3, -0.25) is 0 Å². The fourth-order valence-electron chi connectivity index (χ4n) is 3.74. The first-order valence-corrected chi connectivity index (χ1v) is 11.6. The molecule has 0 N–H and O–H groups in total. The van der Waals surface area contributed by atoms with Crippen LogP contribution in [0.25, 0.3) is 32.8 Å². The van der Waals surface area contributed by atoms with Crippen molar-refractivity contribution in [1.29, 1.82) is 0 Å². The number of benzene rings is 2. The van der Waals surface area contributed by atoms with Crippen molar-refractivity contribution in [2.24, 2.45) is 0 Å². The number of thiazole rings is 1. The van der Waals surface area contributed by atoms with E-state index in [-0.39, 0.29) is 5.69 Å². The van der Waals surface area contributed by atoms with E-state index in [9.17, 15) is 22.4 Å². The molecule has 4 rings (SSSR count). The summed E-state index contributed by atoms with van der Waals surface area (Å²) in [7, 11) is 1.23. The minimum atomic E-state index is -4.45. The fraction of sp³-hybridized carbons (Fsp3) is 0.192. The fourth-order valence-corrected chi connectivity index (χ4v) is 4.75. The predicted molar refractivity (Wildman–Crippen MR) is 130 cm³/mol. The van der Waals surface area contributed by atoms with Crippen LogP contribution in [0.2, 0.25) is 0 Å². The van der Waals surface area contributed by atoms with Gasteiger partial charge >= 0.3 is 12.1 Å². The van der Waals surface area contributed by atoms with Gasteiger partial charge in [0, 0.05) is 5.56 Å². The number of nitrogens with zero attached hydrogens (tertiary/aromatic N) is 3.